The SMILES string of the molecule is CC(C(=O)Nc1ccccc1C#N)N(C)CC(F)(F)F. The molecule has 0 saturated carbocycles. The highest BCUT2D eigenvalue weighted by Gasteiger charge is 2.32. The molecule has 1 aromatic rings. The number of para-hydroxylation sites is 1. The molecule has 0 aliphatic rings. The second-order valence-corrected chi connectivity index (χ2v) is 4.35. The van der Waals surface area contributed by atoms with Crippen LogP contribution in [0.5, 0.6) is 0 Å². The maximum absolute atomic E-state index is 12.3. The average molecular weight is 285 g/mol. The normalized spacial score (nSPS) is 12.8. The van der Waals surface area contributed by atoms with Gasteiger partial charge in [-0.2, -0.15) is 18.4 Å². The van der Waals surface area contributed by atoms with Gasteiger partial charge in [0.1, 0.15) is 6.07 Å². The molecule has 1 aromatic carbocycles. The highest BCUT2D eigenvalue weighted by atomic mass is 19.4. The molecule has 1 amide bonds. The molecule has 1 unspecified atom stereocenters. The smallest absolute Gasteiger partial charge is 0.324 e. The third kappa shape index (κ3) is 4.55. The number of nitriles is 1. The van der Waals surface area contributed by atoms with E-state index in [4.69, 9.17) is 5.26 Å². The molecule has 0 fully saturated rings. The summed E-state index contributed by atoms with van der Waals surface area (Å²) in [6.45, 7) is 0.192. The van der Waals surface area contributed by atoms with Gasteiger partial charge in [0.2, 0.25) is 5.91 Å². The number of likely N-dealkylation sites (N-methyl/N-ethyl adjacent to an activating group) is 1. The molecule has 108 valence electrons. The Hall–Kier alpha value is -2.07. The second kappa shape index (κ2) is 6.39. The fourth-order valence-electron chi connectivity index (χ4n) is 1.55. The average Bonchev–Trinajstić information content (AvgIpc) is 2.36. The van der Waals surface area contributed by atoms with Crippen molar-refractivity contribution in [3.8, 4) is 6.07 Å². The van der Waals surface area contributed by atoms with E-state index in [-0.39, 0.29) is 11.3 Å². The third-order valence-electron chi connectivity index (χ3n) is 2.77. The van der Waals surface area contributed by atoms with Crippen LogP contribution in [0, 0.1) is 11.3 Å². The number of nitrogens with zero attached hydrogens (tertiary/aromatic N) is 2. The van der Waals surface area contributed by atoms with Crippen molar-refractivity contribution < 1.29 is 18.0 Å². The van der Waals surface area contributed by atoms with Crippen LogP contribution in [0.4, 0.5) is 18.9 Å². The number of hydrogen-bond donors (Lipinski definition) is 1. The van der Waals surface area contributed by atoms with Crippen LogP contribution in [0.2, 0.25) is 0 Å². The van der Waals surface area contributed by atoms with Crippen LogP contribution in [-0.4, -0.2) is 36.6 Å². The number of halogens is 3. The summed E-state index contributed by atoms with van der Waals surface area (Å²) in [5.41, 5.74) is 0.541. The number of alkyl halides is 3. The Morgan fingerprint density at radius 2 is 2.05 bits per heavy atom. The van der Waals surface area contributed by atoms with Crippen LogP contribution >= 0.6 is 0 Å². The van der Waals surface area contributed by atoms with Crippen LogP contribution in [0.25, 0.3) is 0 Å². The van der Waals surface area contributed by atoms with Gasteiger partial charge in [-0.3, -0.25) is 9.69 Å². The standard InChI is InChI=1S/C13H14F3N3O/c1-9(19(2)8-13(14,15)16)12(20)18-11-6-4-3-5-10(11)7-17/h3-6,9H,8H2,1-2H3,(H,18,20). The lowest BCUT2D eigenvalue weighted by atomic mass is 10.2. The first-order valence-corrected chi connectivity index (χ1v) is 5.81. The predicted molar refractivity (Wildman–Crippen MR) is 67.9 cm³/mol. The fourth-order valence-corrected chi connectivity index (χ4v) is 1.55. The minimum Gasteiger partial charge on any atom is -0.324 e. The third-order valence-corrected chi connectivity index (χ3v) is 2.77. The van der Waals surface area contributed by atoms with Crippen molar-refractivity contribution in [2.45, 2.75) is 19.1 Å². The minimum absolute atomic E-state index is 0.256. The monoisotopic (exact) mass is 285 g/mol. The van der Waals surface area contributed by atoms with E-state index in [1.165, 1.54) is 26.1 Å². The summed E-state index contributed by atoms with van der Waals surface area (Å²) in [6.07, 6.45) is -4.37. The molecular formula is C13H14F3N3O. The van der Waals surface area contributed by atoms with Gasteiger partial charge >= 0.3 is 6.18 Å². The molecule has 1 rings (SSSR count). The van der Waals surface area contributed by atoms with Crippen LogP contribution in [0.1, 0.15) is 12.5 Å². The summed E-state index contributed by atoms with van der Waals surface area (Å²) in [4.78, 5) is 12.8. The van der Waals surface area contributed by atoms with E-state index in [0.717, 1.165) is 4.90 Å². The molecule has 0 saturated heterocycles. The van der Waals surface area contributed by atoms with Crippen LogP contribution in [0.15, 0.2) is 24.3 Å². The van der Waals surface area contributed by atoms with E-state index in [9.17, 15) is 18.0 Å². The second-order valence-electron chi connectivity index (χ2n) is 4.35. The molecule has 0 aliphatic carbocycles. The molecule has 0 radical (unpaired) electrons. The summed E-state index contributed by atoms with van der Waals surface area (Å²) < 4.78 is 36.8. The molecule has 0 aliphatic heterocycles. The van der Waals surface area contributed by atoms with Crippen molar-refractivity contribution in [1.29, 1.82) is 5.26 Å². The van der Waals surface area contributed by atoms with Gasteiger partial charge in [0.05, 0.1) is 23.8 Å². The Morgan fingerprint density at radius 3 is 2.60 bits per heavy atom. The summed E-state index contributed by atoms with van der Waals surface area (Å²) in [6, 6.07) is 7.22. The van der Waals surface area contributed by atoms with Crippen molar-refractivity contribution >= 4 is 11.6 Å². The number of hydrogen-bond acceptors (Lipinski definition) is 3. The number of carbonyl (C=O) groups is 1. The molecule has 0 spiro atoms. The van der Waals surface area contributed by atoms with Gasteiger partial charge in [-0.15, -0.1) is 0 Å². The molecule has 1 N–H and O–H groups in total. The zero-order chi connectivity index (χ0) is 15.3. The Labute approximate surface area is 114 Å². The lowest BCUT2D eigenvalue weighted by Crippen LogP contribution is -2.44. The van der Waals surface area contributed by atoms with Crippen LogP contribution in [-0.2, 0) is 4.79 Å². The highest BCUT2D eigenvalue weighted by Crippen LogP contribution is 2.18. The first-order valence-electron chi connectivity index (χ1n) is 5.81. The molecule has 0 bridgehead atoms. The largest absolute Gasteiger partial charge is 0.401 e. The van der Waals surface area contributed by atoms with Gasteiger partial charge in [-0.25, -0.2) is 0 Å². The summed E-state index contributed by atoms with van der Waals surface area (Å²) in [5.74, 6) is -0.598. The summed E-state index contributed by atoms with van der Waals surface area (Å²) in [5, 5.41) is 11.3. The fraction of sp³-hybridized carbons (Fsp3) is 0.385. The van der Waals surface area contributed by atoms with Crippen molar-refractivity contribution in [2.75, 3.05) is 18.9 Å². The molecule has 20 heavy (non-hydrogen) atoms. The number of rotatable bonds is 4. The quantitative estimate of drug-likeness (QED) is 0.924. The Bertz CT molecular complexity index is 522. The van der Waals surface area contributed by atoms with E-state index in [1.807, 2.05) is 6.07 Å². The molecular weight excluding hydrogens is 271 g/mol. The molecule has 4 nitrogen and oxygen atoms in total. The van der Waals surface area contributed by atoms with E-state index in [2.05, 4.69) is 5.32 Å². The van der Waals surface area contributed by atoms with E-state index < -0.39 is 24.7 Å². The number of nitrogens with one attached hydrogen (secondary N) is 1. The van der Waals surface area contributed by atoms with Crippen LogP contribution < -0.4 is 5.32 Å². The maximum atomic E-state index is 12.3. The van der Waals surface area contributed by atoms with Crippen LogP contribution in [0.3, 0.4) is 0 Å². The van der Waals surface area contributed by atoms with Gasteiger partial charge < -0.3 is 5.32 Å². The number of amides is 1. The van der Waals surface area contributed by atoms with Crippen molar-refractivity contribution in [2.24, 2.45) is 0 Å². The van der Waals surface area contributed by atoms with Gasteiger partial charge in [-0.05, 0) is 26.1 Å². The van der Waals surface area contributed by atoms with Gasteiger partial charge in [-0.1, -0.05) is 12.1 Å². The zero-order valence-electron chi connectivity index (χ0n) is 11.0. The van der Waals surface area contributed by atoms with Crippen molar-refractivity contribution in [1.82, 2.24) is 4.90 Å². The number of carbonyl (C=O) groups excluding carboxylic acids is 1. The first-order chi connectivity index (χ1) is 9.24. The van der Waals surface area contributed by atoms with Gasteiger partial charge in [0, 0.05) is 0 Å². The Morgan fingerprint density at radius 1 is 1.45 bits per heavy atom. The predicted octanol–water partition coefficient (Wildman–Crippen LogP) is 2.38. The van der Waals surface area contributed by atoms with Gasteiger partial charge in [0.15, 0.2) is 0 Å². The lowest BCUT2D eigenvalue weighted by molar-refractivity contribution is -0.149. The van der Waals surface area contributed by atoms with E-state index in [0.29, 0.717) is 0 Å². The Kier molecular flexibility index (Phi) is 5.11. The van der Waals surface area contributed by atoms with Crippen molar-refractivity contribution in [3.63, 3.8) is 0 Å². The highest BCUT2D eigenvalue weighted by molar-refractivity contribution is 5.95. The Balaban J connectivity index is 2.74. The number of benzene rings is 1. The topological polar surface area (TPSA) is 56.1 Å². The van der Waals surface area contributed by atoms with Gasteiger partial charge in [0.25, 0.3) is 0 Å². The maximum Gasteiger partial charge on any atom is 0.401 e. The van der Waals surface area contributed by atoms with Crippen molar-refractivity contribution in [3.05, 3.63) is 29.8 Å². The molecule has 0 heterocycles. The summed E-state index contributed by atoms with van der Waals surface area (Å²) in [7, 11) is 1.22. The lowest BCUT2D eigenvalue weighted by Gasteiger charge is -2.24. The molecule has 1 atom stereocenters. The summed E-state index contributed by atoms with van der Waals surface area (Å²) >= 11 is 0. The zero-order valence-corrected chi connectivity index (χ0v) is 11.0. The molecule has 0 aromatic heterocycles. The minimum atomic E-state index is -4.37. The van der Waals surface area contributed by atoms with E-state index >= 15 is 0 Å². The first kappa shape index (κ1) is 16.0. The number of anilines is 1. The molecule has 7 heteroatoms. The van der Waals surface area contributed by atoms with E-state index in [1.54, 1.807) is 12.1 Å².